The molecular weight excluding hydrogens is 1640 g/mol. The van der Waals surface area contributed by atoms with Crippen LogP contribution in [-0.2, 0) is 49.4 Å². The van der Waals surface area contributed by atoms with E-state index in [-0.39, 0.29) is 10.8 Å². The fraction of sp³-hybridized carbons (Fsp3) is 0.337. The lowest BCUT2D eigenvalue weighted by Crippen LogP contribution is -2.36. The molecule has 10 heterocycles. The predicted octanol–water partition coefficient (Wildman–Crippen LogP) is 23.3. The van der Waals surface area contributed by atoms with Crippen molar-refractivity contribution in [1.82, 2.24) is 4.98 Å². The van der Waals surface area contributed by atoms with Gasteiger partial charge in [0, 0.05) is 86.8 Å². The number of hydrogen-bond acceptors (Lipinski definition) is 17. The van der Waals surface area contributed by atoms with Gasteiger partial charge in [0.2, 0.25) is 22.7 Å². The highest BCUT2D eigenvalue weighted by Crippen LogP contribution is 2.50. The largest absolute Gasteiger partial charge is 0.477 e. The van der Waals surface area contributed by atoms with Gasteiger partial charge in [-0.1, -0.05) is 150 Å². The molecule has 0 aliphatic carbocycles. The molecule has 5 fully saturated rings. The molecule has 0 bridgehead atoms. The molecule has 11 aromatic rings. The first-order chi connectivity index (χ1) is 56.3. The van der Waals surface area contributed by atoms with Gasteiger partial charge in [0.1, 0.15) is 4.88 Å². The number of benzene rings is 6. The number of aryl methyl sites for hydroxylation is 4. The maximum atomic E-state index is 11.8. The highest BCUT2D eigenvalue weighted by atomic mass is 35.5. The smallest absolute Gasteiger partial charge is 0.344 e. The Bertz CT molecular complexity index is 5430. The molecule has 5 aliphatic heterocycles. The molecule has 0 saturated carbocycles. The maximum absolute atomic E-state index is 11.8. The second-order valence-electron chi connectivity index (χ2n) is 27.9. The first kappa shape index (κ1) is 86.2. The maximum Gasteiger partial charge on any atom is 0.344 e. The van der Waals surface area contributed by atoms with E-state index in [0.717, 1.165) is 212 Å². The summed E-state index contributed by atoms with van der Waals surface area (Å²) in [6, 6.07) is 43.6. The number of hydrogen-bond donors (Lipinski definition) is 1. The van der Waals surface area contributed by atoms with Crippen LogP contribution >= 0.6 is 103 Å². The van der Waals surface area contributed by atoms with Crippen LogP contribution in [0.25, 0.3) is 35.0 Å². The van der Waals surface area contributed by atoms with E-state index in [1.54, 1.807) is 57.5 Å². The minimum absolute atomic E-state index is 0.210. The summed E-state index contributed by atoms with van der Waals surface area (Å²) >= 11 is 32.0. The molecule has 116 heavy (non-hydrogen) atoms. The van der Waals surface area contributed by atoms with E-state index in [2.05, 4.69) is 114 Å². The van der Waals surface area contributed by atoms with Gasteiger partial charge in [0.15, 0.2) is 10.8 Å². The summed E-state index contributed by atoms with van der Waals surface area (Å²) in [5.41, 5.74) is 14.3. The third-order valence-electron chi connectivity index (χ3n) is 20.5. The number of thiophene rings is 4. The third kappa shape index (κ3) is 21.8. The number of carboxylic acids is 1. The Morgan fingerprint density at radius 1 is 0.422 bits per heavy atom. The third-order valence-corrected chi connectivity index (χ3v) is 27.6. The zero-order chi connectivity index (χ0) is 81.8. The molecule has 0 amide bonds. The topological polar surface area (TPSA) is 134 Å². The number of fused-ring (bicyclic) bond motifs is 1. The van der Waals surface area contributed by atoms with Crippen LogP contribution in [0.4, 0.5) is 53.6 Å². The number of halogens is 4. The molecule has 5 aromatic heterocycles. The van der Waals surface area contributed by atoms with E-state index in [9.17, 15) is 9.90 Å². The Morgan fingerprint density at radius 3 is 1.22 bits per heavy atom. The van der Waals surface area contributed by atoms with E-state index in [1.807, 2.05) is 90.7 Å². The number of nitrogens with zero attached hydrogens (tertiary/aromatic N) is 11. The summed E-state index contributed by atoms with van der Waals surface area (Å²) < 4.78 is 27.0. The summed E-state index contributed by atoms with van der Waals surface area (Å²) in [6.07, 6.45) is 3.11. The molecule has 1 unspecified atom stereocenters. The second kappa shape index (κ2) is 41.8. The van der Waals surface area contributed by atoms with Crippen molar-refractivity contribution in [2.45, 2.75) is 66.2 Å². The molecule has 0 spiro atoms. The molecule has 18 nitrogen and oxygen atoms in total. The Balaban J connectivity index is 0.000000134. The average molecular weight is 1720 g/mol. The van der Waals surface area contributed by atoms with Gasteiger partial charge in [-0.3, -0.25) is 0 Å². The van der Waals surface area contributed by atoms with Gasteiger partial charge in [0.05, 0.1) is 135 Å². The molecule has 6 aromatic carbocycles. The molecule has 598 valence electrons. The lowest BCUT2D eigenvalue weighted by molar-refractivity contribution is 0.0700. The van der Waals surface area contributed by atoms with Crippen LogP contribution in [0.5, 0.6) is 0 Å². The van der Waals surface area contributed by atoms with Gasteiger partial charge in [-0.2, -0.15) is 0 Å². The van der Waals surface area contributed by atoms with Crippen molar-refractivity contribution in [3.05, 3.63) is 291 Å². The quantitative estimate of drug-likeness (QED) is 0.0921. The highest BCUT2D eigenvalue weighted by Gasteiger charge is 2.32. The summed E-state index contributed by atoms with van der Waals surface area (Å²) in [5, 5.41) is 19.8. The molecule has 5 saturated heterocycles. The summed E-state index contributed by atoms with van der Waals surface area (Å²) in [7, 11) is 0. The number of morpholine rings is 5. The van der Waals surface area contributed by atoms with Crippen molar-refractivity contribution in [3.8, 4) is 0 Å². The number of aromatic carboxylic acids is 1. The van der Waals surface area contributed by atoms with E-state index >= 15 is 0 Å². The van der Waals surface area contributed by atoms with Crippen LogP contribution in [0.15, 0.2) is 133 Å². The molecule has 27 heteroatoms. The van der Waals surface area contributed by atoms with Gasteiger partial charge in [0.25, 0.3) is 0 Å². The Hall–Kier alpha value is -9.11. The predicted molar refractivity (Wildman–Crippen MR) is 480 cm³/mol. The number of carboxylic acid groups (broad SMARTS) is 1. The second-order valence-corrected chi connectivity index (χ2v) is 35.4. The zero-order valence-corrected chi connectivity index (χ0v) is 72.2. The average Bonchev–Trinajstić information content (AvgIpc) is 1.49. The number of carbonyl (C=O) groups is 1. The van der Waals surface area contributed by atoms with Crippen LogP contribution in [0.3, 0.4) is 0 Å². The molecule has 1 atom stereocenters. The minimum atomic E-state index is -0.995. The van der Waals surface area contributed by atoms with Crippen LogP contribution in [-0.4, -0.2) is 148 Å². The van der Waals surface area contributed by atoms with Gasteiger partial charge in [-0.05, 0) is 165 Å². The van der Waals surface area contributed by atoms with Crippen molar-refractivity contribution in [1.29, 1.82) is 0 Å². The Kier molecular flexibility index (Phi) is 31.1. The Morgan fingerprint density at radius 2 is 0.802 bits per heavy atom. The lowest BCUT2D eigenvalue weighted by Gasteiger charge is -2.28. The van der Waals surface area contributed by atoms with Gasteiger partial charge in [-0.25, -0.2) is 34.0 Å². The lowest BCUT2D eigenvalue weighted by atomic mass is 9.92. The SMILES string of the molecule is Cc1sc(N2CCOCC2)nc1Cc1ccc(Cl)c(Cl)c1.[C-]#[N+]c1c(N2CCOCC2)sc(C(=O)O)c1C(C)c1ccc(Cl)cc1.[C-]#[N+]c1c(N2CCOCC2)sc(C)c1Cc1ccc(Cl)cc1.[C-]#[N+]c1c(N2CCOCC2)sc(C)c1Cc1ccc2ccccc2c1.[C-]#[N+]c1ccc(Cc2c(C)sc(N3CCOCC3)c2[N+]#[C-])cc1. The molecule has 16 rings (SSSR count). The molecule has 5 aliphatic rings. The Labute approximate surface area is 719 Å². The summed E-state index contributed by atoms with van der Waals surface area (Å²) in [4.78, 5) is 51.6. The number of thiazole rings is 1. The van der Waals surface area contributed by atoms with Crippen LogP contribution in [0.1, 0.15) is 97.8 Å². The van der Waals surface area contributed by atoms with Gasteiger partial charge < -0.3 is 53.3 Å². The first-order valence-corrected chi connectivity index (χ1v) is 43.7. The van der Waals surface area contributed by atoms with Crippen molar-refractivity contribution in [2.75, 3.05) is 156 Å². The van der Waals surface area contributed by atoms with E-state index in [1.165, 1.54) is 58.3 Å². The van der Waals surface area contributed by atoms with Crippen molar-refractivity contribution >= 4 is 173 Å². The zero-order valence-electron chi connectivity index (χ0n) is 65.1. The number of aromatic nitrogens is 1. The first-order valence-electron chi connectivity index (χ1n) is 38.1. The van der Waals surface area contributed by atoms with Crippen LogP contribution in [0, 0.1) is 60.6 Å². The highest BCUT2D eigenvalue weighted by molar-refractivity contribution is 7.19. The number of rotatable bonds is 16. The molecular formula is C89H87Cl4N11O7S5. The number of anilines is 5. The summed E-state index contributed by atoms with van der Waals surface area (Å²) in [5.74, 6) is -1.20. The summed E-state index contributed by atoms with van der Waals surface area (Å²) in [6.45, 7) is 63.5. The molecule has 1 N–H and O–H groups in total. The normalized spacial score (nSPS) is 15.0. The van der Waals surface area contributed by atoms with Gasteiger partial charge in [-0.15, -0.1) is 56.7 Å². The fourth-order valence-corrected chi connectivity index (χ4v) is 20.4. The van der Waals surface area contributed by atoms with E-state index in [0.29, 0.717) is 58.3 Å². The van der Waals surface area contributed by atoms with Crippen molar-refractivity contribution in [3.63, 3.8) is 0 Å². The standard InChI is InChI=1S/C21H20N2OS.C18H17ClN2O3S.C18H17N3OS.C17H17ClN2OS.C15H16Cl2N2OS/c1-15-19(14-16-7-8-17-5-3-4-6-18(17)13-16)20(22-2)21(25-15)23-9-11-24-12-10-23;1-11(12-3-5-13(19)6-4-12)14-15(20-2)17(25-16(14)18(22)23)21-7-9-24-10-8-21;1-13-16(12-14-4-6-15(19-2)7-5-14)17(20-3)18(23-13)21-8-10-22-11-9-21;1-12-15(11-13-3-5-14(18)6-4-13)16(19-2)17(22-12)20-7-9-21-10-8-20;1-10-14(9-11-2-3-12(16)13(17)8-11)18-15(21-10)19-4-6-20-7-5-19/h3-8,13H,9-12,14H2,1H3;3-6,11H,7-10H2,1H3,(H,22,23);4-7H,8-12H2,1H3;3-6H,7-11H2,1H3;2-3,8H,4-7,9H2,1H3. The minimum Gasteiger partial charge on any atom is -0.477 e. The van der Waals surface area contributed by atoms with Crippen LogP contribution < -0.4 is 24.5 Å². The molecule has 0 radical (unpaired) electrons. The van der Waals surface area contributed by atoms with E-state index < -0.39 is 5.97 Å². The van der Waals surface area contributed by atoms with E-state index in [4.69, 9.17) is 108 Å². The van der Waals surface area contributed by atoms with Crippen molar-refractivity contribution in [2.24, 2.45) is 0 Å². The fourth-order valence-electron chi connectivity index (χ4n) is 14.1. The van der Waals surface area contributed by atoms with Crippen molar-refractivity contribution < 1.29 is 33.6 Å². The van der Waals surface area contributed by atoms with Gasteiger partial charge >= 0.3 is 5.97 Å². The van der Waals surface area contributed by atoms with Crippen LogP contribution in [0.2, 0.25) is 20.1 Å². The number of ether oxygens (including phenoxy) is 5. The monoisotopic (exact) mass is 1720 g/mol.